The molecule has 1 N–H and O–H groups in total. The van der Waals surface area contributed by atoms with Crippen molar-refractivity contribution in [3.05, 3.63) is 0 Å². The van der Waals surface area contributed by atoms with Crippen LogP contribution in [0.2, 0.25) is 0 Å². The molecule has 2 radical (unpaired) electrons. The molecular weight excluding hydrogens is 278 g/mol. The molecule has 0 saturated heterocycles. The smallest absolute Gasteiger partial charge is 0.310 e. The van der Waals surface area contributed by atoms with Crippen LogP contribution in [-0.4, -0.2) is 16.9 Å². The second-order valence-electron chi connectivity index (χ2n) is 1.27. The summed E-state index contributed by atoms with van der Waals surface area (Å²) in [6, 6.07) is 0. The molecule has 0 aliphatic carbocycles. The van der Waals surface area contributed by atoms with E-state index in [4.69, 9.17) is 5.11 Å². The van der Waals surface area contributed by atoms with Crippen LogP contribution in [0, 0.1) is 0 Å². The Morgan fingerprint density at radius 1 is 0.929 bits per heavy atom. The monoisotopic (exact) mass is 284 g/mol. The fraction of sp³-hybridized carbons (Fsp3) is 0.500. The molecule has 14 heavy (non-hydrogen) atoms. The van der Waals surface area contributed by atoms with E-state index in [1.54, 1.807) is 0 Å². The van der Waals surface area contributed by atoms with Crippen LogP contribution in [0.3, 0.4) is 0 Å². The van der Waals surface area contributed by atoms with Crippen LogP contribution in [0.4, 0.5) is 0 Å². The van der Waals surface area contributed by atoms with Gasteiger partial charge in [0.05, 0.1) is 0 Å². The number of Topliss-reactive ketones (excluding diaryl/α,β-unsaturated/α-hetero) is 1. The topological polar surface area (TPSA) is 197 Å². The summed E-state index contributed by atoms with van der Waals surface area (Å²) in [5.74, 6) is -1.37. The van der Waals surface area contributed by atoms with Crippen molar-refractivity contribution < 1.29 is 79.2 Å². The fourth-order valence-electron chi connectivity index (χ4n) is 0.213. The van der Waals surface area contributed by atoms with Crippen molar-refractivity contribution in [2.24, 2.45) is 0 Å². The Bertz CT molecular complexity index is 95.5. The zero-order chi connectivity index (χ0) is 5.86. The van der Waals surface area contributed by atoms with Gasteiger partial charge < -0.3 is 32.5 Å². The Labute approximate surface area is 104 Å². The number of hydrogen-bond donors (Lipinski definition) is 1. The molecule has 0 amide bonds. The predicted octanol–water partition coefficient (Wildman–Crippen LogP) is -0.549. The molecule has 0 bridgehead atoms. The van der Waals surface area contributed by atoms with Gasteiger partial charge in [-0.15, -0.1) is 0 Å². The molecule has 8 nitrogen and oxygen atoms in total. The largest absolute Gasteiger partial charge is 2.00 e. The maximum atomic E-state index is 9.87. The van der Waals surface area contributed by atoms with Crippen molar-refractivity contribution in [1.82, 2.24) is 0 Å². The molecule has 0 aromatic heterocycles. The van der Waals surface area contributed by atoms with E-state index in [2.05, 4.69) is 0 Å². The van der Waals surface area contributed by atoms with E-state index in [1.165, 1.54) is 6.92 Å². The number of carbonyl (C=O) groups excluding carboxylic acids is 1. The van der Waals surface area contributed by atoms with Gasteiger partial charge >= 0.3 is 5.97 Å². The zero-order valence-corrected chi connectivity index (χ0v) is 9.70. The first-order valence-corrected chi connectivity index (χ1v) is 1.84. The van der Waals surface area contributed by atoms with E-state index < -0.39 is 5.97 Å². The molecule has 0 aliphatic rings. The van der Waals surface area contributed by atoms with Gasteiger partial charge in [-0.1, -0.05) is 0 Å². The van der Waals surface area contributed by atoms with Gasteiger partial charge in [0.15, 0.2) is 0 Å². The Hall–Kier alpha value is 0.109. The quantitative estimate of drug-likeness (QED) is 0.664. The molecule has 90 valence electrons. The molecule has 10 heteroatoms. The van der Waals surface area contributed by atoms with Gasteiger partial charge in [0.2, 0.25) is 0 Å². The van der Waals surface area contributed by atoms with Gasteiger partial charge in [0.1, 0.15) is 12.2 Å². The first-order valence-electron chi connectivity index (χ1n) is 1.84. The zero-order valence-electron chi connectivity index (χ0n) is 6.91. The average Bonchev–Trinajstić information content (AvgIpc) is 1.27. The van der Waals surface area contributed by atoms with Crippen LogP contribution < -0.4 is 0 Å². The van der Waals surface area contributed by atoms with Gasteiger partial charge in [0, 0.05) is 37.1 Å². The minimum Gasteiger partial charge on any atom is -2.00 e. The fourth-order valence-corrected chi connectivity index (χ4v) is 0.213. The van der Waals surface area contributed by atoms with Crippen molar-refractivity contribution in [2.75, 3.05) is 0 Å². The summed E-state index contributed by atoms with van der Waals surface area (Å²) >= 11 is 0. The standard InChI is InChI=1S/C4H6O3.5O.2V/c1-3(5)2-4(6)7;;;;;;;/h2H2,1H3,(H,6,7);;;;;;;/q;5*-2;;. The third kappa shape index (κ3) is 88.5. The summed E-state index contributed by atoms with van der Waals surface area (Å²) in [6.45, 7) is 1.24. The Kier molecular flexibility index (Phi) is 177. The summed E-state index contributed by atoms with van der Waals surface area (Å²) in [5.41, 5.74) is 0. The maximum absolute atomic E-state index is 9.87. The molecule has 0 heterocycles. The van der Waals surface area contributed by atoms with Gasteiger partial charge in [0.25, 0.3) is 0 Å². The summed E-state index contributed by atoms with van der Waals surface area (Å²) in [7, 11) is 0. The van der Waals surface area contributed by atoms with Gasteiger partial charge in [-0.25, -0.2) is 0 Å². The molecule has 0 rings (SSSR count). The number of ketones is 1. The molecule has 0 aromatic rings. The van der Waals surface area contributed by atoms with Crippen LogP contribution in [0.1, 0.15) is 13.3 Å². The number of rotatable bonds is 2. The second kappa shape index (κ2) is 38.0. The van der Waals surface area contributed by atoms with E-state index in [9.17, 15) is 9.59 Å². The van der Waals surface area contributed by atoms with Crippen LogP contribution in [-0.2, 0) is 74.1 Å². The minimum absolute atomic E-state index is 0. The van der Waals surface area contributed by atoms with Gasteiger partial charge in [-0.2, -0.15) is 0 Å². The Balaban J connectivity index is -0.00000000857. The first-order chi connectivity index (χ1) is 3.13. The van der Waals surface area contributed by atoms with Crippen molar-refractivity contribution in [3.63, 3.8) is 0 Å². The number of carboxylic acid groups (broad SMARTS) is 1. The molecule has 0 aromatic carbocycles. The van der Waals surface area contributed by atoms with Crippen molar-refractivity contribution in [2.45, 2.75) is 13.3 Å². The molecule has 0 spiro atoms. The minimum atomic E-state index is -1.06. The summed E-state index contributed by atoms with van der Waals surface area (Å²) in [5, 5.41) is 7.86. The SMILES string of the molecule is CC(=O)CC(=O)O.[O-2].[O-2].[O-2].[O-2].[O-2].[V].[V]. The molecule has 0 saturated carbocycles. The third-order valence-corrected chi connectivity index (χ3v) is 0.400. The Morgan fingerprint density at radius 2 is 1.14 bits per heavy atom. The molecule has 0 aliphatic heterocycles. The van der Waals surface area contributed by atoms with Crippen molar-refractivity contribution in [3.8, 4) is 0 Å². The van der Waals surface area contributed by atoms with Gasteiger partial charge in [-0.3, -0.25) is 9.59 Å². The first kappa shape index (κ1) is 65.0. The third-order valence-electron chi connectivity index (χ3n) is 0.400. The summed E-state index contributed by atoms with van der Waals surface area (Å²) in [6.07, 6.45) is -0.361. The van der Waals surface area contributed by atoms with Crippen LogP contribution >= 0.6 is 0 Å². The van der Waals surface area contributed by atoms with Gasteiger partial charge in [-0.05, 0) is 6.92 Å². The molecule has 0 unspecified atom stereocenters. The number of aliphatic carboxylic acids is 1. The summed E-state index contributed by atoms with van der Waals surface area (Å²) < 4.78 is 0. The molecule has 0 fully saturated rings. The van der Waals surface area contributed by atoms with E-state index in [-0.39, 0.29) is 76.7 Å². The average molecular weight is 284 g/mol. The maximum Gasteiger partial charge on any atom is 0.310 e. The van der Waals surface area contributed by atoms with E-state index in [0.717, 1.165) is 0 Å². The summed E-state index contributed by atoms with van der Waals surface area (Å²) in [4.78, 5) is 19.5. The van der Waals surface area contributed by atoms with E-state index >= 15 is 0 Å². The van der Waals surface area contributed by atoms with E-state index in [0.29, 0.717) is 0 Å². The van der Waals surface area contributed by atoms with Crippen molar-refractivity contribution in [1.29, 1.82) is 0 Å². The molecular formula is C4H6O8V2-10. The van der Waals surface area contributed by atoms with Crippen molar-refractivity contribution >= 4 is 11.8 Å². The van der Waals surface area contributed by atoms with Crippen LogP contribution in [0.5, 0.6) is 0 Å². The number of carbonyl (C=O) groups is 2. The number of hydrogen-bond acceptors (Lipinski definition) is 2. The van der Waals surface area contributed by atoms with Crippen LogP contribution in [0.15, 0.2) is 0 Å². The number of carboxylic acids is 1. The Morgan fingerprint density at radius 3 is 1.14 bits per heavy atom. The van der Waals surface area contributed by atoms with Crippen LogP contribution in [0.25, 0.3) is 0 Å². The predicted molar refractivity (Wildman–Crippen MR) is 26.4 cm³/mol. The normalized spacial score (nSPS) is 4.07. The molecule has 0 atom stereocenters. The van der Waals surface area contributed by atoms with E-state index in [1.807, 2.05) is 0 Å². The second-order valence-corrected chi connectivity index (χ2v) is 1.27.